The Balaban J connectivity index is 2.13. The number of likely N-dealkylation sites (N-methyl/N-ethyl adjacent to an activating group) is 1. The summed E-state index contributed by atoms with van der Waals surface area (Å²) in [6.07, 6.45) is 1.11. The van der Waals surface area contributed by atoms with Gasteiger partial charge in [0.15, 0.2) is 0 Å². The van der Waals surface area contributed by atoms with Gasteiger partial charge in [0.25, 0.3) is 5.91 Å². The Morgan fingerprint density at radius 2 is 1.79 bits per heavy atom. The fraction of sp³-hybridized carbons (Fsp3) is 0.273. The molecule has 5 nitrogen and oxygen atoms in total. The highest BCUT2D eigenvalue weighted by molar-refractivity contribution is 6.33. The van der Waals surface area contributed by atoms with Crippen LogP contribution < -0.4 is 5.32 Å². The van der Waals surface area contributed by atoms with Gasteiger partial charge in [-0.25, -0.2) is 4.79 Å². The minimum atomic E-state index is -0.901. The molecule has 2 aromatic rings. The number of amides is 2. The van der Waals surface area contributed by atoms with Crippen LogP contribution in [0.5, 0.6) is 0 Å². The predicted octanol–water partition coefficient (Wildman–Crippen LogP) is 5.61. The number of carbonyl (C=O) groups is 2. The Morgan fingerprint density at radius 3 is 2.45 bits per heavy atom. The van der Waals surface area contributed by atoms with E-state index in [-0.39, 0.29) is 5.91 Å². The number of rotatable bonds is 2. The smallest absolute Gasteiger partial charge is 0.410 e. The van der Waals surface area contributed by atoms with Crippen molar-refractivity contribution in [1.29, 1.82) is 0 Å². The molecule has 0 radical (unpaired) electrons. The van der Waals surface area contributed by atoms with Crippen LogP contribution >= 0.6 is 23.2 Å². The molecule has 0 saturated carbocycles. The third-order valence-electron chi connectivity index (χ3n) is 4.39. The van der Waals surface area contributed by atoms with Crippen molar-refractivity contribution in [1.82, 2.24) is 4.90 Å². The van der Waals surface area contributed by atoms with E-state index in [2.05, 4.69) is 5.32 Å². The summed E-state index contributed by atoms with van der Waals surface area (Å²) in [6, 6.07) is 11.6. The van der Waals surface area contributed by atoms with E-state index in [0.717, 1.165) is 11.1 Å². The normalized spacial score (nSPS) is 16.3. The van der Waals surface area contributed by atoms with Crippen molar-refractivity contribution < 1.29 is 14.3 Å². The fourth-order valence-electron chi connectivity index (χ4n) is 3.03. The molecule has 7 heteroatoms. The van der Waals surface area contributed by atoms with Crippen molar-refractivity contribution in [3.8, 4) is 0 Å². The summed E-state index contributed by atoms with van der Waals surface area (Å²) >= 11 is 12.7. The summed E-state index contributed by atoms with van der Waals surface area (Å²) in [5.41, 5.74) is 2.06. The number of nitrogens with zero attached hydrogens (tertiary/aromatic N) is 1. The molecule has 0 aliphatic carbocycles. The lowest BCUT2D eigenvalue weighted by Gasteiger charge is -2.28. The molecule has 2 aromatic carbocycles. The molecule has 0 fully saturated rings. The van der Waals surface area contributed by atoms with E-state index in [4.69, 9.17) is 27.9 Å². The standard InChI is InChI=1S/C22H22Cl2N2O3/c1-22(2,3)29-21(28)26(4)19-12-15(14-7-5-6-8-17(14)24)16-11-13(23)9-10-18(16)25-20(19)27/h5-12,19H,1-4H3,(H,25,27). The monoisotopic (exact) mass is 432 g/mol. The van der Waals surface area contributed by atoms with Crippen LogP contribution in [0.25, 0.3) is 5.57 Å². The summed E-state index contributed by atoms with van der Waals surface area (Å²) in [6.45, 7) is 5.32. The first-order chi connectivity index (χ1) is 13.6. The molecule has 1 N–H and O–H groups in total. The zero-order valence-electron chi connectivity index (χ0n) is 16.6. The number of benzene rings is 2. The molecule has 0 bridgehead atoms. The van der Waals surface area contributed by atoms with Gasteiger partial charge in [0, 0.05) is 33.9 Å². The summed E-state index contributed by atoms with van der Waals surface area (Å²) < 4.78 is 5.43. The lowest BCUT2D eigenvalue weighted by Crippen LogP contribution is -2.45. The Kier molecular flexibility index (Phi) is 5.92. The summed E-state index contributed by atoms with van der Waals surface area (Å²) in [5, 5.41) is 3.92. The van der Waals surface area contributed by atoms with Crippen LogP contribution in [0.4, 0.5) is 10.5 Å². The molecule has 2 amide bonds. The SMILES string of the molecule is CN(C(=O)OC(C)(C)C)C1C=C(c2ccccc2Cl)c2cc(Cl)ccc2NC1=O. The van der Waals surface area contributed by atoms with Gasteiger partial charge in [0.1, 0.15) is 11.6 Å². The van der Waals surface area contributed by atoms with E-state index in [0.29, 0.717) is 21.3 Å². The minimum Gasteiger partial charge on any atom is -0.444 e. The van der Waals surface area contributed by atoms with Crippen LogP contribution in [0.15, 0.2) is 48.5 Å². The first kappa shape index (κ1) is 21.2. The van der Waals surface area contributed by atoms with Crippen molar-refractivity contribution in [2.75, 3.05) is 12.4 Å². The molecule has 0 spiro atoms. The quantitative estimate of drug-likeness (QED) is 0.670. The predicted molar refractivity (Wildman–Crippen MR) is 116 cm³/mol. The maximum Gasteiger partial charge on any atom is 0.410 e. The third kappa shape index (κ3) is 4.74. The Labute approximate surface area is 180 Å². The number of carbonyl (C=O) groups excluding carboxylic acids is 2. The number of ether oxygens (including phenoxy) is 1. The van der Waals surface area contributed by atoms with E-state index in [1.54, 1.807) is 51.1 Å². The zero-order valence-corrected chi connectivity index (χ0v) is 18.1. The lowest BCUT2D eigenvalue weighted by atomic mass is 9.95. The highest BCUT2D eigenvalue weighted by Crippen LogP contribution is 2.37. The van der Waals surface area contributed by atoms with Gasteiger partial charge < -0.3 is 10.1 Å². The van der Waals surface area contributed by atoms with E-state index in [1.165, 1.54) is 11.9 Å². The highest BCUT2D eigenvalue weighted by atomic mass is 35.5. The van der Waals surface area contributed by atoms with Crippen molar-refractivity contribution in [2.24, 2.45) is 0 Å². The molecule has 0 saturated heterocycles. The summed E-state index contributed by atoms with van der Waals surface area (Å²) in [5.74, 6) is -0.357. The van der Waals surface area contributed by atoms with Crippen LogP contribution in [0.1, 0.15) is 31.9 Å². The van der Waals surface area contributed by atoms with Crippen LogP contribution in [0.3, 0.4) is 0 Å². The van der Waals surface area contributed by atoms with Crippen LogP contribution in [-0.2, 0) is 9.53 Å². The van der Waals surface area contributed by atoms with Gasteiger partial charge in [0.2, 0.25) is 0 Å². The Morgan fingerprint density at radius 1 is 1.10 bits per heavy atom. The van der Waals surface area contributed by atoms with Gasteiger partial charge >= 0.3 is 6.09 Å². The van der Waals surface area contributed by atoms with E-state index >= 15 is 0 Å². The van der Waals surface area contributed by atoms with Gasteiger partial charge in [-0.3, -0.25) is 9.69 Å². The molecule has 1 atom stereocenters. The second-order valence-corrected chi connectivity index (χ2v) is 8.62. The average molecular weight is 433 g/mol. The number of fused-ring (bicyclic) bond motifs is 1. The van der Waals surface area contributed by atoms with Crippen molar-refractivity contribution in [3.05, 3.63) is 69.7 Å². The largest absolute Gasteiger partial charge is 0.444 e. The molecule has 1 heterocycles. The molecule has 1 aliphatic rings. The molecular weight excluding hydrogens is 411 g/mol. The van der Waals surface area contributed by atoms with Gasteiger partial charge in [-0.05, 0) is 56.7 Å². The first-order valence-electron chi connectivity index (χ1n) is 9.10. The van der Waals surface area contributed by atoms with Crippen molar-refractivity contribution in [2.45, 2.75) is 32.4 Å². The fourth-order valence-corrected chi connectivity index (χ4v) is 3.44. The summed E-state index contributed by atoms with van der Waals surface area (Å²) in [4.78, 5) is 26.8. The number of anilines is 1. The highest BCUT2D eigenvalue weighted by Gasteiger charge is 2.32. The Bertz CT molecular complexity index is 996. The molecule has 1 unspecified atom stereocenters. The van der Waals surface area contributed by atoms with Crippen LogP contribution in [-0.4, -0.2) is 35.6 Å². The molecule has 0 aromatic heterocycles. The van der Waals surface area contributed by atoms with Gasteiger partial charge in [-0.15, -0.1) is 0 Å². The maximum absolute atomic E-state index is 13.0. The number of nitrogens with one attached hydrogen (secondary N) is 1. The maximum atomic E-state index is 13.0. The van der Waals surface area contributed by atoms with Crippen molar-refractivity contribution >= 4 is 46.5 Å². The number of hydrogen-bond donors (Lipinski definition) is 1. The number of halogens is 2. The van der Waals surface area contributed by atoms with Crippen LogP contribution in [0, 0.1) is 0 Å². The number of hydrogen-bond acceptors (Lipinski definition) is 3. The van der Waals surface area contributed by atoms with E-state index in [9.17, 15) is 9.59 Å². The minimum absolute atomic E-state index is 0.357. The Hall–Kier alpha value is -2.50. The zero-order chi connectivity index (χ0) is 21.3. The van der Waals surface area contributed by atoms with Gasteiger partial charge in [-0.2, -0.15) is 0 Å². The lowest BCUT2D eigenvalue weighted by molar-refractivity contribution is -0.119. The van der Waals surface area contributed by atoms with Crippen LogP contribution in [0.2, 0.25) is 10.0 Å². The molecule has 29 heavy (non-hydrogen) atoms. The van der Waals surface area contributed by atoms with Gasteiger partial charge in [0.05, 0.1) is 0 Å². The second-order valence-electron chi connectivity index (χ2n) is 7.78. The first-order valence-corrected chi connectivity index (χ1v) is 9.86. The van der Waals surface area contributed by atoms with E-state index < -0.39 is 17.7 Å². The molecule has 1 aliphatic heterocycles. The second kappa shape index (κ2) is 8.09. The topological polar surface area (TPSA) is 58.6 Å². The third-order valence-corrected chi connectivity index (χ3v) is 4.95. The molecule has 152 valence electrons. The summed E-state index contributed by atoms with van der Waals surface area (Å²) in [7, 11) is 1.53. The molecule has 3 rings (SSSR count). The molecular formula is C22H22Cl2N2O3. The van der Waals surface area contributed by atoms with E-state index in [1.807, 2.05) is 18.2 Å². The van der Waals surface area contributed by atoms with Crippen molar-refractivity contribution in [3.63, 3.8) is 0 Å². The average Bonchev–Trinajstić information content (AvgIpc) is 2.76. The van der Waals surface area contributed by atoms with Gasteiger partial charge in [-0.1, -0.05) is 41.4 Å².